The highest BCUT2D eigenvalue weighted by Crippen LogP contribution is 2.27. The minimum absolute atomic E-state index is 0.0918. The highest BCUT2D eigenvalue weighted by Gasteiger charge is 2.18. The quantitative estimate of drug-likeness (QED) is 0.670. The van der Waals surface area contributed by atoms with E-state index in [9.17, 15) is 4.79 Å². The highest BCUT2D eigenvalue weighted by molar-refractivity contribution is 5.69. The van der Waals surface area contributed by atoms with E-state index in [2.05, 4.69) is 52.0 Å². The van der Waals surface area contributed by atoms with Gasteiger partial charge in [0.2, 0.25) is 0 Å². The van der Waals surface area contributed by atoms with Crippen molar-refractivity contribution in [3.63, 3.8) is 0 Å². The molecule has 1 aromatic carbocycles. The highest BCUT2D eigenvalue weighted by atomic mass is 16.5. The maximum Gasteiger partial charge on any atom is 0.306 e. The van der Waals surface area contributed by atoms with E-state index in [4.69, 9.17) is 4.74 Å². The molecule has 0 heterocycles. The van der Waals surface area contributed by atoms with Crippen LogP contribution < -0.4 is 0 Å². The Morgan fingerprint density at radius 1 is 1.10 bits per heavy atom. The van der Waals surface area contributed by atoms with Gasteiger partial charge >= 0.3 is 5.97 Å². The molecular formula is C18H28O2. The molecule has 0 saturated heterocycles. The molecule has 20 heavy (non-hydrogen) atoms. The van der Waals surface area contributed by atoms with Gasteiger partial charge in [-0.3, -0.25) is 4.79 Å². The average Bonchev–Trinajstić information content (AvgIpc) is 2.38. The van der Waals surface area contributed by atoms with Crippen molar-refractivity contribution in [1.82, 2.24) is 0 Å². The molecule has 0 amide bonds. The molecule has 0 aliphatic carbocycles. The third kappa shape index (κ3) is 4.99. The molecule has 0 bridgehead atoms. The van der Waals surface area contributed by atoms with Gasteiger partial charge in [0, 0.05) is 6.42 Å². The third-order valence-electron chi connectivity index (χ3n) is 3.43. The molecule has 0 aromatic heterocycles. The van der Waals surface area contributed by atoms with E-state index in [-0.39, 0.29) is 17.5 Å². The van der Waals surface area contributed by atoms with Crippen LogP contribution in [0.1, 0.15) is 77.5 Å². The SMILES string of the molecule is CCCC(=O)OC(CCC)c1ccc(C(C)(C)C)cc1. The molecular weight excluding hydrogens is 248 g/mol. The summed E-state index contributed by atoms with van der Waals surface area (Å²) in [6, 6.07) is 8.48. The van der Waals surface area contributed by atoms with Crippen molar-refractivity contribution in [2.75, 3.05) is 0 Å². The van der Waals surface area contributed by atoms with Crippen molar-refractivity contribution < 1.29 is 9.53 Å². The maximum absolute atomic E-state index is 11.7. The third-order valence-corrected chi connectivity index (χ3v) is 3.43. The van der Waals surface area contributed by atoms with Gasteiger partial charge in [-0.05, 0) is 29.4 Å². The molecule has 0 spiro atoms. The molecule has 0 N–H and O–H groups in total. The van der Waals surface area contributed by atoms with E-state index in [1.165, 1.54) is 5.56 Å². The summed E-state index contributed by atoms with van der Waals surface area (Å²) in [5.74, 6) is -0.0918. The van der Waals surface area contributed by atoms with Gasteiger partial charge in [-0.15, -0.1) is 0 Å². The summed E-state index contributed by atoms with van der Waals surface area (Å²) in [6.45, 7) is 10.7. The summed E-state index contributed by atoms with van der Waals surface area (Å²) < 4.78 is 5.60. The Hall–Kier alpha value is -1.31. The zero-order chi connectivity index (χ0) is 15.2. The van der Waals surface area contributed by atoms with Crippen molar-refractivity contribution in [2.45, 2.75) is 71.8 Å². The first kappa shape index (κ1) is 16.7. The van der Waals surface area contributed by atoms with Crippen LogP contribution in [0.4, 0.5) is 0 Å². The van der Waals surface area contributed by atoms with Gasteiger partial charge in [-0.2, -0.15) is 0 Å². The molecule has 1 unspecified atom stereocenters. The molecule has 1 aromatic rings. The van der Waals surface area contributed by atoms with Crippen molar-refractivity contribution >= 4 is 5.97 Å². The van der Waals surface area contributed by atoms with Crippen LogP contribution in [0.2, 0.25) is 0 Å². The molecule has 0 fully saturated rings. The summed E-state index contributed by atoms with van der Waals surface area (Å²) >= 11 is 0. The van der Waals surface area contributed by atoms with Crippen LogP contribution in [0.3, 0.4) is 0 Å². The van der Waals surface area contributed by atoms with Crippen LogP contribution in [-0.4, -0.2) is 5.97 Å². The molecule has 2 heteroatoms. The first-order valence-corrected chi connectivity index (χ1v) is 7.68. The van der Waals surface area contributed by atoms with Crippen LogP contribution in [-0.2, 0) is 14.9 Å². The van der Waals surface area contributed by atoms with Gasteiger partial charge in [-0.25, -0.2) is 0 Å². The van der Waals surface area contributed by atoms with Crippen LogP contribution in [0, 0.1) is 0 Å². The Bertz CT molecular complexity index is 412. The Kier molecular flexibility index (Phi) is 6.25. The van der Waals surface area contributed by atoms with Gasteiger partial charge < -0.3 is 4.74 Å². The first-order valence-electron chi connectivity index (χ1n) is 7.68. The molecule has 0 saturated carbocycles. The summed E-state index contributed by atoms with van der Waals surface area (Å²) in [5.41, 5.74) is 2.55. The van der Waals surface area contributed by atoms with Crippen LogP contribution in [0.25, 0.3) is 0 Å². The normalized spacial score (nSPS) is 13.1. The number of hydrogen-bond acceptors (Lipinski definition) is 2. The second-order valence-corrected chi connectivity index (χ2v) is 6.39. The van der Waals surface area contributed by atoms with Crippen molar-refractivity contribution in [3.05, 3.63) is 35.4 Å². The fraction of sp³-hybridized carbons (Fsp3) is 0.611. The second kappa shape index (κ2) is 7.47. The largest absolute Gasteiger partial charge is 0.457 e. The lowest BCUT2D eigenvalue weighted by atomic mass is 9.86. The number of rotatable bonds is 6. The predicted octanol–water partition coefficient (Wildman–Crippen LogP) is 5.17. The number of benzene rings is 1. The monoisotopic (exact) mass is 276 g/mol. The van der Waals surface area contributed by atoms with E-state index in [0.717, 1.165) is 24.8 Å². The van der Waals surface area contributed by atoms with Gasteiger partial charge in [0.1, 0.15) is 6.10 Å². The van der Waals surface area contributed by atoms with E-state index >= 15 is 0 Å². The van der Waals surface area contributed by atoms with E-state index in [0.29, 0.717) is 6.42 Å². The van der Waals surface area contributed by atoms with Gasteiger partial charge in [-0.1, -0.05) is 65.3 Å². The topological polar surface area (TPSA) is 26.3 Å². The zero-order valence-corrected chi connectivity index (χ0v) is 13.5. The summed E-state index contributed by atoms with van der Waals surface area (Å²) in [5, 5.41) is 0. The van der Waals surface area contributed by atoms with E-state index in [1.807, 2.05) is 6.92 Å². The lowest BCUT2D eigenvalue weighted by Crippen LogP contribution is -2.13. The first-order chi connectivity index (χ1) is 9.38. The Morgan fingerprint density at radius 3 is 2.15 bits per heavy atom. The fourth-order valence-electron chi connectivity index (χ4n) is 2.18. The molecule has 112 valence electrons. The van der Waals surface area contributed by atoms with Crippen LogP contribution >= 0.6 is 0 Å². The second-order valence-electron chi connectivity index (χ2n) is 6.39. The zero-order valence-electron chi connectivity index (χ0n) is 13.5. The fourth-order valence-corrected chi connectivity index (χ4v) is 2.18. The summed E-state index contributed by atoms with van der Waals surface area (Å²) in [4.78, 5) is 11.7. The molecule has 2 nitrogen and oxygen atoms in total. The number of esters is 1. The van der Waals surface area contributed by atoms with Gasteiger partial charge in [0.05, 0.1) is 0 Å². The predicted molar refractivity (Wildman–Crippen MR) is 83.8 cm³/mol. The maximum atomic E-state index is 11.7. The Balaban J connectivity index is 2.84. The van der Waals surface area contributed by atoms with Crippen molar-refractivity contribution in [3.8, 4) is 0 Å². The summed E-state index contributed by atoms with van der Waals surface area (Å²) in [7, 11) is 0. The lowest BCUT2D eigenvalue weighted by Gasteiger charge is -2.22. The van der Waals surface area contributed by atoms with Crippen LogP contribution in [0.15, 0.2) is 24.3 Å². The number of hydrogen-bond donors (Lipinski definition) is 0. The minimum Gasteiger partial charge on any atom is -0.457 e. The standard InChI is InChI=1S/C18H28O2/c1-6-8-16(20-17(19)9-7-2)14-10-12-15(13-11-14)18(3,4)5/h10-13,16H,6-9H2,1-5H3. The number of carbonyl (C=O) groups is 1. The molecule has 0 aliphatic rings. The van der Waals surface area contributed by atoms with Crippen molar-refractivity contribution in [1.29, 1.82) is 0 Å². The van der Waals surface area contributed by atoms with Gasteiger partial charge in [0.25, 0.3) is 0 Å². The number of ether oxygens (including phenoxy) is 1. The average molecular weight is 276 g/mol. The van der Waals surface area contributed by atoms with Crippen LogP contribution in [0.5, 0.6) is 0 Å². The molecule has 0 aliphatic heterocycles. The van der Waals surface area contributed by atoms with Crippen molar-refractivity contribution in [2.24, 2.45) is 0 Å². The van der Waals surface area contributed by atoms with E-state index < -0.39 is 0 Å². The lowest BCUT2D eigenvalue weighted by molar-refractivity contribution is -0.149. The van der Waals surface area contributed by atoms with Gasteiger partial charge in [0.15, 0.2) is 0 Å². The molecule has 0 radical (unpaired) electrons. The molecule has 1 atom stereocenters. The number of carbonyl (C=O) groups excluding carboxylic acids is 1. The van der Waals surface area contributed by atoms with E-state index in [1.54, 1.807) is 0 Å². The Labute approximate surface area is 123 Å². The molecule has 1 rings (SSSR count). The summed E-state index contributed by atoms with van der Waals surface area (Å²) in [6.07, 6.45) is 3.11. The minimum atomic E-state index is -0.104. The smallest absolute Gasteiger partial charge is 0.306 e. The Morgan fingerprint density at radius 2 is 1.70 bits per heavy atom.